The molecule has 3 rings (SSSR count). The maximum Gasteiger partial charge on any atom is 0.319 e. The fourth-order valence-corrected chi connectivity index (χ4v) is 2.50. The summed E-state index contributed by atoms with van der Waals surface area (Å²) in [5, 5.41) is 5.55. The summed E-state index contributed by atoms with van der Waals surface area (Å²) in [6.07, 6.45) is 5.01. The van der Waals surface area contributed by atoms with Gasteiger partial charge in [-0.05, 0) is 35.9 Å². The van der Waals surface area contributed by atoms with Gasteiger partial charge in [-0.25, -0.2) is 4.79 Å². The highest BCUT2D eigenvalue weighted by atomic mass is 16.5. The highest BCUT2D eigenvalue weighted by Gasteiger charge is 2.12. The van der Waals surface area contributed by atoms with Crippen molar-refractivity contribution in [3.63, 3.8) is 0 Å². The number of carbonyl (C=O) groups excluding carboxylic acids is 1. The van der Waals surface area contributed by atoms with Crippen LogP contribution in [0.5, 0.6) is 11.5 Å². The molecule has 0 aliphatic heterocycles. The lowest BCUT2D eigenvalue weighted by Gasteiger charge is -2.14. The SMILES string of the molecule is COc1cccc(NC(=O)NCc2cncc(-c3ccco3)c2)c1OC. The van der Waals surface area contributed by atoms with E-state index in [4.69, 9.17) is 13.9 Å². The molecule has 134 valence electrons. The minimum absolute atomic E-state index is 0.319. The zero-order valence-electron chi connectivity index (χ0n) is 14.5. The van der Waals surface area contributed by atoms with Crippen LogP contribution in [0.2, 0.25) is 0 Å². The fourth-order valence-electron chi connectivity index (χ4n) is 2.50. The van der Waals surface area contributed by atoms with Crippen molar-refractivity contribution in [2.45, 2.75) is 6.54 Å². The third-order valence-electron chi connectivity index (χ3n) is 3.70. The molecule has 3 aromatic rings. The quantitative estimate of drug-likeness (QED) is 0.706. The van der Waals surface area contributed by atoms with E-state index in [2.05, 4.69) is 15.6 Å². The lowest BCUT2D eigenvalue weighted by atomic mass is 10.1. The van der Waals surface area contributed by atoms with Gasteiger partial charge in [0, 0.05) is 24.5 Å². The van der Waals surface area contributed by atoms with Crippen LogP contribution in [0.25, 0.3) is 11.3 Å². The normalized spacial score (nSPS) is 10.2. The van der Waals surface area contributed by atoms with Gasteiger partial charge >= 0.3 is 6.03 Å². The molecule has 7 heteroatoms. The number of nitrogens with zero attached hydrogens (tertiary/aromatic N) is 1. The van der Waals surface area contributed by atoms with Crippen molar-refractivity contribution in [1.29, 1.82) is 0 Å². The number of aromatic nitrogens is 1. The lowest BCUT2D eigenvalue weighted by molar-refractivity contribution is 0.251. The number of methoxy groups -OCH3 is 2. The van der Waals surface area contributed by atoms with E-state index in [-0.39, 0.29) is 6.03 Å². The van der Waals surface area contributed by atoms with Gasteiger partial charge in [0.1, 0.15) is 5.76 Å². The number of anilines is 1. The fraction of sp³-hybridized carbons (Fsp3) is 0.158. The van der Waals surface area contributed by atoms with Crippen molar-refractivity contribution < 1.29 is 18.7 Å². The first-order chi connectivity index (χ1) is 12.7. The predicted molar refractivity (Wildman–Crippen MR) is 97.3 cm³/mol. The Balaban J connectivity index is 1.64. The number of urea groups is 1. The molecule has 0 fully saturated rings. The Morgan fingerprint density at radius 1 is 1.15 bits per heavy atom. The van der Waals surface area contributed by atoms with Crippen molar-refractivity contribution >= 4 is 11.7 Å². The van der Waals surface area contributed by atoms with Crippen LogP contribution in [0.1, 0.15) is 5.56 Å². The number of benzene rings is 1. The van der Waals surface area contributed by atoms with Crippen LogP contribution in [0.15, 0.2) is 59.5 Å². The Morgan fingerprint density at radius 2 is 2.04 bits per heavy atom. The van der Waals surface area contributed by atoms with Gasteiger partial charge < -0.3 is 24.5 Å². The van der Waals surface area contributed by atoms with Gasteiger partial charge in [0.05, 0.1) is 26.2 Å². The third-order valence-corrected chi connectivity index (χ3v) is 3.70. The van der Waals surface area contributed by atoms with Crippen molar-refractivity contribution in [3.8, 4) is 22.8 Å². The van der Waals surface area contributed by atoms with Gasteiger partial charge in [0.25, 0.3) is 0 Å². The minimum Gasteiger partial charge on any atom is -0.493 e. The average Bonchev–Trinajstić information content (AvgIpc) is 3.21. The lowest BCUT2D eigenvalue weighted by Crippen LogP contribution is -2.28. The van der Waals surface area contributed by atoms with E-state index in [0.29, 0.717) is 23.7 Å². The van der Waals surface area contributed by atoms with Crippen molar-refractivity contribution in [2.24, 2.45) is 0 Å². The predicted octanol–water partition coefficient (Wildman–Crippen LogP) is 3.68. The van der Waals surface area contributed by atoms with Crippen LogP contribution in [0.3, 0.4) is 0 Å². The molecule has 0 atom stereocenters. The maximum absolute atomic E-state index is 12.2. The summed E-state index contributed by atoms with van der Waals surface area (Å²) >= 11 is 0. The molecule has 0 unspecified atom stereocenters. The van der Waals surface area contributed by atoms with Gasteiger partial charge in [0.2, 0.25) is 0 Å². The van der Waals surface area contributed by atoms with Crippen molar-refractivity contribution in [3.05, 3.63) is 60.6 Å². The second-order valence-electron chi connectivity index (χ2n) is 5.41. The first-order valence-corrected chi connectivity index (χ1v) is 7.95. The van der Waals surface area contributed by atoms with Gasteiger partial charge in [-0.3, -0.25) is 4.98 Å². The molecule has 0 radical (unpaired) electrons. The van der Waals surface area contributed by atoms with E-state index in [9.17, 15) is 4.79 Å². The Labute approximate surface area is 151 Å². The summed E-state index contributed by atoms with van der Waals surface area (Å²) in [5.74, 6) is 1.73. The monoisotopic (exact) mass is 353 g/mol. The summed E-state index contributed by atoms with van der Waals surface area (Å²) < 4.78 is 15.9. The highest BCUT2D eigenvalue weighted by molar-refractivity contribution is 5.91. The maximum atomic E-state index is 12.2. The Morgan fingerprint density at radius 3 is 2.77 bits per heavy atom. The molecule has 0 saturated heterocycles. The van der Waals surface area contributed by atoms with Crippen LogP contribution >= 0.6 is 0 Å². The van der Waals surface area contributed by atoms with E-state index in [1.165, 1.54) is 7.11 Å². The molecule has 2 aromatic heterocycles. The molecular weight excluding hydrogens is 334 g/mol. The molecule has 26 heavy (non-hydrogen) atoms. The smallest absolute Gasteiger partial charge is 0.319 e. The Bertz CT molecular complexity index is 878. The largest absolute Gasteiger partial charge is 0.493 e. The summed E-state index contributed by atoms with van der Waals surface area (Å²) in [6, 6.07) is 10.5. The van der Waals surface area contributed by atoms with Gasteiger partial charge in [-0.2, -0.15) is 0 Å². The highest BCUT2D eigenvalue weighted by Crippen LogP contribution is 2.34. The Kier molecular flexibility index (Phi) is 5.38. The van der Waals surface area contributed by atoms with Gasteiger partial charge in [-0.15, -0.1) is 0 Å². The topological polar surface area (TPSA) is 85.6 Å². The van der Waals surface area contributed by atoms with Crippen LogP contribution in [0, 0.1) is 0 Å². The molecule has 0 aliphatic carbocycles. The van der Waals surface area contributed by atoms with Crippen LogP contribution in [0.4, 0.5) is 10.5 Å². The van der Waals surface area contributed by atoms with Crippen LogP contribution < -0.4 is 20.1 Å². The van der Waals surface area contributed by atoms with Crippen molar-refractivity contribution in [2.75, 3.05) is 19.5 Å². The standard InChI is InChI=1S/C19H19N3O4/c1-24-17-6-3-5-15(18(17)25-2)22-19(23)21-11-13-9-14(12-20-10-13)16-7-4-8-26-16/h3-10,12H,11H2,1-2H3,(H2,21,22,23). The molecule has 2 heterocycles. The molecule has 0 saturated carbocycles. The summed E-state index contributed by atoms with van der Waals surface area (Å²) in [6.45, 7) is 0.319. The second-order valence-corrected chi connectivity index (χ2v) is 5.41. The second kappa shape index (κ2) is 8.06. The van der Waals surface area contributed by atoms with Gasteiger partial charge in [-0.1, -0.05) is 6.07 Å². The molecule has 2 N–H and O–H groups in total. The van der Waals surface area contributed by atoms with Crippen LogP contribution in [-0.2, 0) is 6.54 Å². The number of pyridine rings is 1. The molecule has 7 nitrogen and oxygen atoms in total. The molecule has 0 aliphatic rings. The zero-order valence-corrected chi connectivity index (χ0v) is 14.5. The number of carbonyl (C=O) groups is 1. The van der Waals surface area contributed by atoms with Crippen molar-refractivity contribution in [1.82, 2.24) is 10.3 Å². The summed E-state index contributed by atoms with van der Waals surface area (Å²) in [4.78, 5) is 16.4. The summed E-state index contributed by atoms with van der Waals surface area (Å²) in [7, 11) is 3.06. The Hall–Kier alpha value is -3.48. The number of para-hydroxylation sites is 1. The van der Waals surface area contributed by atoms with Crippen LogP contribution in [-0.4, -0.2) is 25.2 Å². The number of rotatable bonds is 6. The first kappa shape index (κ1) is 17.3. The average molecular weight is 353 g/mol. The minimum atomic E-state index is -0.361. The third kappa shape index (κ3) is 3.94. The first-order valence-electron chi connectivity index (χ1n) is 7.95. The number of ether oxygens (including phenoxy) is 2. The number of furan rings is 1. The number of hydrogen-bond acceptors (Lipinski definition) is 5. The number of hydrogen-bond donors (Lipinski definition) is 2. The number of nitrogens with one attached hydrogen (secondary N) is 2. The summed E-state index contributed by atoms with van der Waals surface area (Å²) in [5.41, 5.74) is 2.22. The zero-order chi connectivity index (χ0) is 18.4. The molecular formula is C19H19N3O4. The van der Waals surface area contributed by atoms with Gasteiger partial charge in [0.15, 0.2) is 11.5 Å². The molecule has 2 amide bonds. The molecule has 0 bridgehead atoms. The molecule has 0 spiro atoms. The van der Waals surface area contributed by atoms with E-state index < -0.39 is 0 Å². The van der Waals surface area contributed by atoms with E-state index in [1.54, 1.807) is 44.0 Å². The number of amides is 2. The van der Waals surface area contributed by atoms with E-state index in [0.717, 1.165) is 16.9 Å². The van der Waals surface area contributed by atoms with E-state index in [1.807, 2.05) is 18.2 Å². The van der Waals surface area contributed by atoms with E-state index >= 15 is 0 Å². The molecule has 1 aromatic carbocycles.